The van der Waals surface area contributed by atoms with Gasteiger partial charge in [-0.3, -0.25) is 4.90 Å². The Morgan fingerprint density at radius 1 is 1.19 bits per heavy atom. The van der Waals surface area contributed by atoms with Crippen LogP contribution in [0.25, 0.3) is 0 Å². The molecule has 0 spiro atoms. The Balaban J connectivity index is 1.76. The number of nitrogens with one attached hydrogen (secondary N) is 1. The van der Waals surface area contributed by atoms with E-state index in [9.17, 15) is 8.42 Å². The predicted molar refractivity (Wildman–Crippen MR) is 110 cm³/mol. The van der Waals surface area contributed by atoms with Gasteiger partial charge in [0.05, 0.1) is 12.0 Å². The molecule has 0 aliphatic carbocycles. The van der Waals surface area contributed by atoms with Gasteiger partial charge >= 0.3 is 0 Å². The number of methoxy groups -OCH3 is 1. The largest absolute Gasteiger partial charge is 0.496 e. The molecule has 1 aromatic heterocycles. The molecule has 0 saturated carbocycles. The van der Waals surface area contributed by atoms with Crippen molar-refractivity contribution >= 4 is 21.4 Å². The van der Waals surface area contributed by atoms with Crippen LogP contribution in [0, 0.1) is 6.92 Å². The van der Waals surface area contributed by atoms with Crippen LogP contribution >= 0.6 is 11.3 Å². The molecule has 27 heavy (non-hydrogen) atoms. The van der Waals surface area contributed by atoms with Crippen LogP contribution in [0.4, 0.5) is 0 Å². The van der Waals surface area contributed by atoms with Crippen molar-refractivity contribution in [3.8, 4) is 5.75 Å². The van der Waals surface area contributed by atoms with E-state index in [1.54, 1.807) is 36.6 Å². The molecule has 1 fully saturated rings. The highest BCUT2D eigenvalue weighted by molar-refractivity contribution is 7.89. The van der Waals surface area contributed by atoms with E-state index in [0.717, 1.165) is 18.7 Å². The molecule has 2 heterocycles. The average Bonchev–Trinajstić information content (AvgIpc) is 3.04. The van der Waals surface area contributed by atoms with Gasteiger partial charge in [-0.05, 0) is 79.0 Å². The Kier molecular flexibility index (Phi) is 6.92. The number of nitrogens with zero attached hydrogens (tertiary/aromatic N) is 1. The molecule has 7 heteroatoms. The first kappa shape index (κ1) is 20.3. The number of ether oxygens (including phenoxy) is 1. The third kappa shape index (κ3) is 5.10. The zero-order valence-corrected chi connectivity index (χ0v) is 17.6. The topological polar surface area (TPSA) is 58.6 Å². The third-order valence-corrected chi connectivity index (χ3v) is 7.28. The molecule has 1 unspecified atom stereocenters. The van der Waals surface area contributed by atoms with Gasteiger partial charge < -0.3 is 4.74 Å². The quantitative estimate of drug-likeness (QED) is 0.753. The van der Waals surface area contributed by atoms with E-state index in [0.29, 0.717) is 12.3 Å². The number of likely N-dealkylation sites (tertiary alicyclic amines) is 1. The first-order chi connectivity index (χ1) is 13.0. The number of sulfonamides is 1. The zero-order valence-electron chi connectivity index (χ0n) is 16.0. The van der Waals surface area contributed by atoms with E-state index in [1.807, 2.05) is 6.92 Å². The minimum Gasteiger partial charge on any atom is -0.496 e. The lowest BCUT2D eigenvalue weighted by Crippen LogP contribution is -2.38. The fourth-order valence-electron chi connectivity index (χ4n) is 3.62. The van der Waals surface area contributed by atoms with Crippen molar-refractivity contribution in [2.75, 3.05) is 26.7 Å². The summed E-state index contributed by atoms with van der Waals surface area (Å²) < 4.78 is 33.8. The monoisotopic (exact) mass is 408 g/mol. The lowest BCUT2D eigenvalue weighted by molar-refractivity contribution is 0.206. The van der Waals surface area contributed by atoms with E-state index in [1.165, 1.54) is 31.2 Å². The molecule has 1 saturated heterocycles. The molecule has 1 N–H and O–H groups in total. The first-order valence-electron chi connectivity index (χ1n) is 9.42. The van der Waals surface area contributed by atoms with Crippen molar-refractivity contribution in [3.05, 3.63) is 46.2 Å². The number of thiophene rings is 1. The Bertz CT molecular complexity index is 827. The third-order valence-electron chi connectivity index (χ3n) is 5.15. The van der Waals surface area contributed by atoms with Crippen LogP contribution in [-0.2, 0) is 10.0 Å². The van der Waals surface area contributed by atoms with E-state index >= 15 is 0 Å². The van der Waals surface area contributed by atoms with E-state index in [4.69, 9.17) is 4.74 Å². The molecule has 3 rings (SSSR count). The number of rotatable bonds is 7. The average molecular weight is 409 g/mol. The minimum atomic E-state index is -3.57. The summed E-state index contributed by atoms with van der Waals surface area (Å²) in [6.07, 6.45) is 4.85. The summed E-state index contributed by atoms with van der Waals surface area (Å²) in [4.78, 5) is 2.71. The molecule has 2 aromatic rings. The van der Waals surface area contributed by atoms with Gasteiger partial charge in [-0.15, -0.1) is 0 Å². The van der Waals surface area contributed by atoms with Crippen LogP contribution in [0.3, 0.4) is 0 Å². The van der Waals surface area contributed by atoms with Crippen LogP contribution in [-0.4, -0.2) is 40.1 Å². The second-order valence-electron chi connectivity index (χ2n) is 7.01. The number of hydrogen-bond donors (Lipinski definition) is 1. The zero-order chi connectivity index (χ0) is 19.3. The minimum absolute atomic E-state index is 0.0727. The molecular weight excluding hydrogens is 380 g/mol. The van der Waals surface area contributed by atoms with Crippen LogP contribution in [0.1, 0.15) is 42.9 Å². The molecule has 1 aliphatic heterocycles. The maximum absolute atomic E-state index is 12.8. The van der Waals surface area contributed by atoms with Crippen LogP contribution in [0.2, 0.25) is 0 Å². The van der Waals surface area contributed by atoms with Crippen molar-refractivity contribution in [2.45, 2.75) is 43.5 Å². The molecule has 1 aromatic carbocycles. The highest BCUT2D eigenvalue weighted by Gasteiger charge is 2.24. The highest BCUT2D eigenvalue weighted by Crippen LogP contribution is 2.27. The van der Waals surface area contributed by atoms with Crippen LogP contribution < -0.4 is 9.46 Å². The molecule has 0 bridgehead atoms. The lowest BCUT2D eigenvalue weighted by Gasteiger charge is -2.30. The predicted octanol–water partition coefficient (Wildman–Crippen LogP) is 3.96. The number of aryl methyl sites for hydroxylation is 1. The maximum Gasteiger partial charge on any atom is 0.240 e. The van der Waals surface area contributed by atoms with Crippen LogP contribution in [0.5, 0.6) is 5.75 Å². The standard InChI is InChI=1S/C20H28N2O3S2/c1-16-13-18(7-8-20(16)25-2)27(23,24)21-14-19(17-9-12-26-15-17)22-10-5-3-4-6-11-22/h7-9,12-13,15,19,21H,3-6,10-11,14H2,1-2H3. The van der Waals surface area contributed by atoms with Crippen molar-refractivity contribution in [1.82, 2.24) is 9.62 Å². The Labute approximate surface area is 166 Å². The van der Waals surface area contributed by atoms with E-state index in [-0.39, 0.29) is 10.9 Å². The summed E-state index contributed by atoms with van der Waals surface area (Å²) in [5.41, 5.74) is 2.00. The van der Waals surface area contributed by atoms with Gasteiger partial charge in [0.15, 0.2) is 0 Å². The summed E-state index contributed by atoms with van der Waals surface area (Å²) in [7, 11) is -1.99. The fraction of sp³-hybridized carbons (Fsp3) is 0.500. The second kappa shape index (κ2) is 9.19. The van der Waals surface area contributed by atoms with Gasteiger partial charge in [0.1, 0.15) is 5.75 Å². The summed E-state index contributed by atoms with van der Waals surface area (Å²) in [5.74, 6) is 0.690. The summed E-state index contributed by atoms with van der Waals surface area (Å²) >= 11 is 1.66. The number of benzene rings is 1. The maximum atomic E-state index is 12.8. The molecule has 0 radical (unpaired) electrons. The number of hydrogen-bond acceptors (Lipinski definition) is 5. The Morgan fingerprint density at radius 3 is 2.52 bits per heavy atom. The molecule has 1 aliphatic rings. The molecule has 1 atom stereocenters. The SMILES string of the molecule is COc1ccc(S(=O)(=O)NCC(c2ccsc2)N2CCCCCC2)cc1C. The lowest BCUT2D eigenvalue weighted by atomic mass is 10.1. The van der Waals surface area contributed by atoms with E-state index in [2.05, 4.69) is 26.4 Å². The summed E-state index contributed by atoms with van der Waals surface area (Å²) in [5, 5.41) is 4.18. The normalized spacial score (nSPS) is 17.4. The summed E-state index contributed by atoms with van der Waals surface area (Å²) in [6.45, 7) is 4.27. The van der Waals surface area contributed by atoms with Gasteiger partial charge in [-0.1, -0.05) is 12.8 Å². The Hall–Kier alpha value is -1.41. The first-order valence-corrected chi connectivity index (χ1v) is 11.8. The van der Waals surface area contributed by atoms with Crippen molar-refractivity contribution < 1.29 is 13.2 Å². The molecule has 0 amide bonds. The molecule has 148 valence electrons. The van der Waals surface area contributed by atoms with Crippen molar-refractivity contribution in [3.63, 3.8) is 0 Å². The smallest absolute Gasteiger partial charge is 0.240 e. The Morgan fingerprint density at radius 2 is 1.93 bits per heavy atom. The van der Waals surface area contributed by atoms with Crippen molar-refractivity contribution in [1.29, 1.82) is 0 Å². The second-order valence-corrected chi connectivity index (χ2v) is 9.55. The fourth-order valence-corrected chi connectivity index (χ4v) is 5.45. The highest BCUT2D eigenvalue weighted by atomic mass is 32.2. The van der Waals surface area contributed by atoms with Crippen LogP contribution in [0.15, 0.2) is 39.9 Å². The van der Waals surface area contributed by atoms with Gasteiger partial charge in [-0.2, -0.15) is 11.3 Å². The van der Waals surface area contributed by atoms with E-state index < -0.39 is 10.0 Å². The van der Waals surface area contributed by atoms with Gasteiger partial charge in [-0.25, -0.2) is 13.1 Å². The van der Waals surface area contributed by atoms with Gasteiger partial charge in [0, 0.05) is 12.6 Å². The van der Waals surface area contributed by atoms with Gasteiger partial charge in [0.2, 0.25) is 10.0 Å². The van der Waals surface area contributed by atoms with Crippen molar-refractivity contribution in [2.24, 2.45) is 0 Å². The summed E-state index contributed by atoms with van der Waals surface area (Å²) in [6, 6.07) is 7.14. The molecule has 5 nitrogen and oxygen atoms in total. The van der Waals surface area contributed by atoms with Gasteiger partial charge in [0.25, 0.3) is 0 Å². The molecular formula is C20H28N2O3S2.